The molecule has 0 aromatic heterocycles. The molecule has 2 amide bonds. The van der Waals surface area contributed by atoms with Crippen LogP contribution in [-0.2, 0) is 0 Å². The van der Waals surface area contributed by atoms with Gasteiger partial charge in [-0.15, -0.1) is 0 Å². The number of anilines is 1. The second-order valence-corrected chi connectivity index (χ2v) is 6.07. The molecule has 2 aromatic rings. The van der Waals surface area contributed by atoms with Crippen LogP contribution in [0.2, 0.25) is 10.0 Å². The standard InChI is InChI=1S/C18H17Cl2FN2O2/c1-3-23(4-2)18(25)11-5-7-12(8-6-11)22-17(24)13-9-16(21)15(20)10-14(13)19/h5-10H,3-4H2,1-2H3,(H,22,24). The number of rotatable bonds is 5. The van der Waals surface area contributed by atoms with Gasteiger partial charge in [-0.25, -0.2) is 4.39 Å². The van der Waals surface area contributed by atoms with Gasteiger partial charge in [-0.1, -0.05) is 23.2 Å². The van der Waals surface area contributed by atoms with Gasteiger partial charge in [0.15, 0.2) is 0 Å². The Kier molecular flexibility index (Phi) is 6.39. The zero-order valence-electron chi connectivity index (χ0n) is 13.8. The number of benzene rings is 2. The van der Waals surface area contributed by atoms with Crippen LogP contribution >= 0.6 is 23.2 Å². The normalized spacial score (nSPS) is 10.4. The quantitative estimate of drug-likeness (QED) is 0.750. The molecule has 132 valence electrons. The maximum absolute atomic E-state index is 13.5. The van der Waals surface area contributed by atoms with Gasteiger partial charge in [-0.3, -0.25) is 9.59 Å². The molecule has 4 nitrogen and oxygen atoms in total. The number of hydrogen-bond donors (Lipinski definition) is 1. The molecule has 0 bridgehead atoms. The Labute approximate surface area is 155 Å². The minimum atomic E-state index is -0.726. The van der Waals surface area contributed by atoms with Crippen molar-refractivity contribution in [2.45, 2.75) is 13.8 Å². The summed E-state index contributed by atoms with van der Waals surface area (Å²) in [6.07, 6.45) is 0. The molecule has 0 atom stereocenters. The van der Waals surface area contributed by atoms with E-state index in [1.165, 1.54) is 6.07 Å². The Balaban J connectivity index is 2.15. The van der Waals surface area contributed by atoms with E-state index in [2.05, 4.69) is 5.32 Å². The van der Waals surface area contributed by atoms with E-state index < -0.39 is 11.7 Å². The van der Waals surface area contributed by atoms with Crippen LogP contribution in [0.5, 0.6) is 0 Å². The molecule has 0 aliphatic carbocycles. The summed E-state index contributed by atoms with van der Waals surface area (Å²) in [7, 11) is 0. The average molecular weight is 383 g/mol. The molecule has 0 fully saturated rings. The molecule has 1 N–H and O–H groups in total. The first-order chi connectivity index (χ1) is 11.9. The van der Waals surface area contributed by atoms with Gasteiger partial charge in [0, 0.05) is 24.3 Å². The van der Waals surface area contributed by atoms with Gasteiger partial charge in [-0.05, 0) is 50.2 Å². The Hall–Kier alpha value is -2.11. The third kappa shape index (κ3) is 4.50. The smallest absolute Gasteiger partial charge is 0.257 e. The SMILES string of the molecule is CCN(CC)C(=O)c1ccc(NC(=O)c2cc(F)c(Cl)cc2Cl)cc1. The summed E-state index contributed by atoms with van der Waals surface area (Å²) in [6, 6.07) is 8.63. The summed E-state index contributed by atoms with van der Waals surface area (Å²) in [5, 5.41) is 2.51. The first-order valence-corrected chi connectivity index (χ1v) is 8.48. The van der Waals surface area contributed by atoms with E-state index >= 15 is 0 Å². The summed E-state index contributed by atoms with van der Waals surface area (Å²) < 4.78 is 13.5. The van der Waals surface area contributed by atoms with Crippen LogP contribution in [0, 0.1) is 5.82 Å². The number of hydrogen-bond acceptors (Lipinski definition) is 2. The summed E-state index contributed by atoms with van der Waals surface area (Å²) in [5.41, 5.74) is 0.969. The summed E-state index contributed by atoms with van der Waals surface area (Å²) in [4.78, 5) is 26.2. The predicted octanol–water partition coefficient (Wildman–Crippen LogP) is 4.87. The first kappa shape index (κ1) is 19.2. The van der Waals surface area contributed by atoms with Crippen LogP contribution in [0.4, 0.5) is 10.1 Å². The fourth-order valence-electron chi connectivity index (χ4n) is 2.28. The first-order valence-electron chi connectivity index (χ1n) is 7.72. The van der Waals surface area contributed by atoms with Crippen LogP contribution in [0.25, 0.3) is 0 Å². The predicted molar refractivity (Wildman–Crippen MR) is 98.1 cm³/mol. The fraction of sp³-hybridized carbons (Fsp3) is 0.222. The van der Waals surface area contributed by atoms with Gasteiger partial charge in [-0.2, -0.15) is 0 Å². The highest BCUT2D eigenvalue weighted by atomic mass is 35.5. The lowest BCUT2D eigenvalue weighted by molar-refractivity contribution is 0.0773. The third-order valence-corrected chi connectivity index (χ3v) is 4.30. The highest BCUT2D eigenvalue weighted by molar-refractivity contribution is 6.37. The minimum Gasteiger partial charge on any atom is -0.339 e. The van der Waals surface area contributed by atoms with Crippen molar-refractivity contribution in [2.24, 2.45) is 0 Å². The molecule has 0 aliphatic heterocycles. The molecule has 0 aliphatic rings. The van der Waals surface area contributed by atoms with Gasteiger partial charge < -0.3 is 10.2 Å². The van der Waals surface area contributed by atoms with E-state index in [9.17, 15) is 14.0 Å². The lowest BCUT2D eigenvalue weighted by Crippen LogP contribution is -2.30. The van der Waals surface area contributed by atoms with Gasteiger partial charge in [0.1, 0.15) is 5.82 Å². The third-order valence-electron chi connectivity index (χ3n) is 3.69. The molecule has 25 heavy (non-hydrogen) atoms. The van der Waals surface area contributed by atoms with Crippen LogP contribution in [0.3, 0.4) is 0 Å². The molecule has 0 spiro atoms. The Morgan fingerprint density at radius 1 is 1.04 bits per heavy atom. The molecule has 0 saturated carbocycles. The Morgan fingerprint density at radius 3 is 2.20 bits per heavy atom. The Morgan fingerprint density at radius 2 is 1.64 bits per heavy atom. The van der Waals surface area contributed by atoms with Crippen LogP contribution in [-0.4, -0.2) is 29.8 Å². The van der Waals surface area contributed by atoms with E-state index in [1.54, 1.807) is 29.2 Å². The Bertz CT molecular complexity index is 790. The van der Waals surface area contributed by atoms with Crippen molar-refractivity contribution in [2.75, 3.05) is 18.4 Å². The monoisotopic (exact) mass is 382 g/mol. The number of carbonyl (C=O) groups excluding carboxylic acids is 2. The largest absolute Gasteiger partial charge is 0.339 e. The topological polar surface area (TPSA) is 49.4 Å². The highest BCUT2D eigenvalue weighted by Crippen LogP contribution is 2.25. The maximum Gasteiger partial charge on any atom is 0.257 e. The zero-order valence-corrected chi connectivity index (χ0v) is 15.3. The summed E-state index contributed by atoms with van der Waals surface area (Å²) in [5.74, 6) is -1.37. The van der Waals surface area contributed by atoms with Gasteiger partial charge >= 0.3 is 0 Å². The summed E-state index contributed by atoms with van der Waals surface area (Å²) in [6.45, 7) is 5.05. The average Bonchev–Trinajstić information content (AvgIpc) is 2.59. The number of halogens is 3. The maximum atomic E-state index is 13.5. The number of amides is 2. The second-order valence-electron chi connectivity index (χ2n) is 5.26. The highest BCUT2D eigenvalue weighted by Gasteiger charge is 2.15. The van der Waals surface area contributed by atoms with Crippen molar-refractivity contribution in [3.8, 4) is 0 Å². The van der Waals surface area contributed by atoms with Crippen molar-refractivity contribution >= 4 is 40.7 Å². The number of nitrogens with one attached hydrogen (secondary N) is 1. The molecule has 2 aromatic carbocycles. The van der Waals surface area contributed by atoms with Crippen molar-refractivity contribution in [1.82, 2.24) is 4.90 Å². The van der Waals surface area contributed by atoms with Crippen LogP contribution < -0.4 is 5.32 Å². The van der Waals surface area contributed by atoms with Crippen LogP contribution in [0.1, 0.15) is 34.6 Å². The molecule has 7 heteroatoms. The molecule has 0 saturated heterocycles. The molecular formula is C18H17Cl2FN2O2. The van der Waals surface area contributed by atoms with E-state index in [-0.39, 0.29) is 21.5 Å². The van der Waals surface area contributed by atoms with Crippen molar-refractivity contribution in [3.63, 3.8) is 0 Å². The van der Waals surface area contributed by atoms with Crippen molar-refractivity contribution < 1.29 is 14.0 Å². The second kappa shape index (κ2) is 8.32. The van der Waals surface area contributed by atoms with Crippen LogP contribution in [0.15, 0.2) is 36.4 Å². The molecule has 0 radical (unpaired) electrons. The molecule has 0 unspecified atom stereocenters. The van der Waals surface area contributed by atoms with Crippen molar-refractivity contribution in [3.05, 3.63) is 63.4 Å². The minimum absolute atomic E-state index is 0.0214. The van der Waals surface area contributed by atoms with E-state index in [4.69, 9.17) is 23.2 Å². The fourth-order valence-corrected chi connectivity index (χ4v) is 2.75. The van der Waals surface area contributed by atoms with E-state index in [0.717, 1.165) is 6.07 Å². The molecule has 2 rings (SSSR count). The molecular weight excluding hydrogens is 366 g/mol. The van der Waals surface area contributed by atoms with Gasteiger partial charge in [0.25, 0.3) is 11.8 Å². The van der Waals surface area contributed by atoms with E-state index in [0.29, 0.717) is 24.3 Å². The number of carbonyl (C=O) groups is 2. The van der Waals surface area contributed by atoms with E-state index in [1.807, 2.05) is 13.8 Å². The zero-order chi connectivity index (χ0) is 18.6. The van der Waals surface area contributed by atoms with Gasteiger partial charge in [0.05, 0.1) is 15.6 Å². The lowest BCUT2D eigenvalue weighted by Gasteiger charge is -2.18. The van der Waals surface area contributed by atoms with Gasteiger partial charge in [0.2, 0.25) is 0 Å². The van der Waals surface area contributed by atoms with Crippen molar-refractivity contribution in [1.29, 1.82) is 0 Å². The number of nitrogens with zero attached hydrogens (tertiary/aromatic N) is 1. The summed E-state index contributed by atoms with van der Waals surface area (Å²) >= 11 is 11.6. The molecule has 0 heterocycles. The lowest BCUT2D eigenvalue weighted by atomic mass is 10.1.